The van der Waals surface area contributed by atoms with E-state index in [1.54, 1.807) is 14.2 Å². The summed E-state index contributed by atoms with van der Waals surface area (Å²) in [5, 5.41) is 44.7. The average Bonchev–Trinajstić information content (AvgIpc) is 3.71. The summed E-state index contributed by atoms with van der Waals surface area (Å²) in [5.41, 5.74) is 3.83. The zero-order valence-corrected chi connectivity index (χ0v) is 40.1. The SMILES string of the molecule is CC(=O)OC1/C(=C(\CCC=C(C)C)C(=O)O)C2C[C@@H](O)C3[C@](C)(CCC4[C@H](C)[C@H](O)CC[C@@]43O)C2[C@@H]1C.COc1cc2c(cc1OC)C(=O)C(CC1CCN(Cc3ccccc3)CC1)C2. The molecule has 5 fully saturated rings. The van der Waals surface area contributed by atoms with Gasteiger partial charge >= 0.3 is 11.9 Å². The number of Topliss-reactive ketones (excluding diaryl/α,β-unsaturated/α-hetero) is 1. The molecule has 4 saturated carbocycles. The Morgan fingerprint density at radius 1 is 0.908 bits per heavy atom. The monoisotopic (exact) mass is 898 g/mol. The van der Waals surface area contributed by atoms with Crippen LogP contribution in [0.4, 0.5) is 0 Å². The van der Waals surface area contributed by atoms with Gasteiger partial charge in [-0.15, -0.1) is 0 Å². The largest absolute Gasteiger partial charge is 0.493 e. The van der Waals surface area contributed by atoms with Crippen LogP contribution in [-0.2, 0) is 27.3 Å². The standard InChI is InChI=1S/C30H46O7.C24H29NO3/c1-15(2)8-7-9-19(28(34)35)24-20-14-23(33)27-29(6,25(20)17(4)26(24)37-18(5)31)12-10-21-16(3)22(32)11-13-30(21,27)36;1-27-22-14-19-13-20(24(26)21(19)15-23(22)28-2)12-17-8-10-25(11-9-17)16-18-6-4-3-5-7-18/h8,16-17,20-23,25-27,32-33,36H,7,9-14H2,1-6H3,(H,34,35);3-7,14-15,17,20H,8-13,16H2,1-2H3/b24-19+;/t16-,17-,20?,21?,22+,23+,25?,26?,27?,29+,30+;/m0./s1. The summed E-state index contributed by atoms with van der Waals surface area (Å²) in [6.45, 7) is 14.8. The van der Waals surface area contributed by atoms with Crippen molar-refractivity contribution in [1.82, 2.24) is 4.90 Å². The van der Waals surface area contributed by atoms with Gasteiger partial charge in [0.1, 0.15) is 6.10 Å². The van der Waals surface area contributed by atoms with E-state index in [-0.39, 0.29) is 47.2 Å². The number of hydrogen-bond donors (Lipinski definition) is 4. The molecule has 11 heteroatoms. The van der Waals surface area contributed by atoms with Crippen LogP contribution < -0.4 is 9.47 Å². The lowest BCUT2D eigenvalue weighted by Gasteiger charge is -2.65. The number of benzene rings is 2. The third-order valence-corrected chi connectivity index (χ3v) is 16.9. The molecule has 1 heterocycles. The van der Waals surface area contributed by atoms with Crippen molar-refractivity contribution in [3.63, 3.8) is 0 Å². The summed E-state index contributed by atoms with van der Waals surface area (Å²) in [5.74, 6) is 0.00509. The van der Waals surface area contributed by atoms with Crippen LogP contribution >= 0.6 is 0 Å². The van der Waals surface area contributed by atoms with Crippen LogP contribution in [-0.4, -0.2) is 94.3 Å². The highest BCUT2D eigenvalue weighted by molar-refractivity contribution is 6.03. The molecule has 5 aliphatic carbocycles. The maximum Gasteiger partial charge on any atom is 0.331 e. The molecule has 8 rings (SSSR count). The molecule has 65 heavy (non-hydrogen) atoms. The van der Waals surface area contributed by atoms with E-state index in [2.05, 4.69) is 42.2 Å². The maximum absolute atomic E-state index is 12.9. The Labute approximate surface area is 386 Å². The number of hydrogen-bond acceptors (Lipinski definition) is 10. The van der Waals surface area contributed by atoms with Gasteiger partial charge in [0, 0.05) is 42.4 Å². The lowest BCUT2D eigenvalue weighted by molar-refractivity contribution is -0.254. The molecule has 6 aliphatic rings. The number of esters is 1. The summed E-state index contributed by atoms with van der Waals surface area (Å²) in [6, 6.07) is 14.5. The molecule has 0 amide bonds. The van der Waals surface area contributed by atoms with Crippen LogP contribution in [0, 0.1) is 52.8 Å². The Morgan fingerprint density at radius 2 is 1.58 bits per heavy atom. The minimum atomic E-state index is -1.09. The second kappa shape index (κ2) is 20.1. The molecule has 356 valence electrons. The van der Waals surface area contributed by atoms with Gasteiger partial charge in [-0.05, 0) is 161 Å². The first kappa shape index (κ1) is 48.9. The van der Waals surface area contributed by atoms with Gasteiger partial charge in [0.2, 0.25) is 0 Å². The van der Waals surface area contributed by atoms with E-state index >= 15 is 0 Å². The highest BCUT2D eigenvalue weighted by Crippen LogP contribution is 2.68. The molecule has 6 unspecified atom stereocenters. The number of likely N-dealkylation sites (tertiary alicyclic amines) is 1. The lowest BCUT2D eigenvalue weighted by atomic mass is 9.42. The van der Waals surface area contributed by atoms with Crippen molar-refractivity contribution in [2.45, 2.75) is 143 Å². The van der Waals surface area contributed by atoms with E-state index in [1.807, 2.05) is 45.9 Å². The Balaban J connectivity index is 0.000000201. The molecule has 1 aliphatic heterocycles. The van der Waals surface area contributed by atoms with Crippen molar-refractivity contribution in [3.05, 3.63) is 82.0 Å². The molecular formula is C54H75NO10. The van der Waals surface area contributed by atoms with Crippen molar-refractivity contribution in [3.8, 4) is 11.5 Å². The summed E-state index contributed by atoms with van der Waals surface area (Å²) < 4.78 is 16.6. The van der Waals surface area contributed by atoms with E-state index in [1.165, 1.54) is 25.3 Å². The summed E-state index contributed by atoms with van der Waals surface area (Å²) in [4.78, 5) is 40.3. The van der Waals surface area contributed by atoms with Crippen molar-refractivity contribution in [2.24, 2.45) is 52.8 Å². The Bertz CT molecular complexity index is 2100. The highest BCUT2D eigenvalue weighted by atomic mass is 16.5. The molecule has 0 bridgehead atoms. The fourth-order valence-electron chi connectivity index (χ4n) is 14.1. The first-order chi connectivity index (χ1) is 30.9. The number of allylic oxidation sites excluding steroid dienone is 2. The van der Waals surface area contributed by atoms with Crippen LogP contribution in [0.2, 0.25) is 0 Å². The number of ether oxygens (including phenoxy) is 3. The first-order valence-electron chi connectivity index (χ1n) is 24.3. The molecule has 2 aromatic rings. The summed E-state index contributed by atoms with van der Waals surface area (Å²) in [6.07, 6.45) is 8.01. The summed E-state index contributed by atoms with van der Waals surface area (Å²) >= 11 is 0. The van der Waals surface area contributed by atoms with Gasteiger partial charge in [0.05, 0.1) is 32.0 Å². The van der Waals surface area contributed by atoms with Gasteiger partial charge in [-0.25, -0.2) is 4.79 Å². The van der Waals surface area contributed by atoms with Crippen LogP contribution in [0.25, 0.3) is 0 Å². The minimum absolute atomic E-state index is 0.0369. The predicted molar refractivity (Wildman–Crippen MR) is 249 cm³/mol. The van der Waals surface area contributed by atoms with Crippen LogP contribution in [0.15, 0.2) is 65.3 Å². The van der Waals surface area contributed by atoms with E-state index in [0.717, 1.165) is 62.0 Å². The number of methoxy groups -OCH3 is 2. The van der Waals surface area contributed by atoms with E-state index in [4.69, 9.17) is 14.2 Å². The average molecular weight is 898 g/mol. The number of aliphatic carboxylic acids is 1. The first-order valence-corrected chi connectivity index (χ1v) is 24.3. The number of nitrogens with zero attached hydrogens (tertiary/aromatic N) is 1. The van der Waals surface area contributed by atoms with Crippen molar-refractivity contribution in [1.29, 1.82) is 0 Å². The number of aliphatic hydroxyl groups is 3. The van der Waals surface area contributed by atoms with Crippen LogP contribution in [0.1, 0.15) is 127 Å². The smallest absolute Gasteiger partial charge is 0.331 e. The normalized spacial score (nSPS) is 35.0. The number of ketones is 1. The number of rotatable bonds is 11. The van der Waals surface area contributed by atoms with Gasteiger partial charge < -0.3 is 34.6 Å². The lowest BCUT2D eigenvalue weighted by Crippen LogP contribution is -2.67. The minimum Gasteiger partial charge on any atom is -0.493 e. The Kier molecular flexibility index (Phi) is 15.1. The molecule has 0 spiro atoms. The number of carbonyl (C=O) groups is 3. The van der Waals surface area contributed by atoms with Crippen LogP contribution in [0.3, 0.4) is 0 Å². The molecule has 2 aromatic carbocycles. The molecular weight excluding hydrogens is 823 g/mol. The zero-order valence-electron chi connectivity index (χ0n) is 40.1. The number of carbonyl (C=O) groups excluding carboxylic acids is 2. The number of carboxylic acid groups (broad SMARTS) is 1. The number of piperidine rings is 1. The van der Waals surface area contributed by atoms with Gasteiger partial charge in [0.15, 0.2) is 17.3 Å². The summed E-state index contributed by atoms with van der Waals surface area (Å²) in [7, 11) is 3.26. The third-order valence-electron chi connectivity index (χ3n) is 16.9. The quantitative estimate of drug-likeness (QED) is 0.0971. The molecule has 1 saturated heterocycles. The van der Waals surface area contributed by atoms with Crippen molar-refractivity contribution < 1.29 is 49.0 Å². The Hall–Kier alpha value is -4.03. The Morgan fingerprint density at radius 3 is 2.22 bits per heavy atom. The molecule has 0 radical (unpaired) electrons. The van der Waals surface area contributed by atoms with Crippen molar-refractivity contribution in [2.75, 3.05) is 27.3 Å². The molecule has 0 aromatic heterocycles. The number of carboxylic acids is 1. The van der Waals surface area contributed by atoms with Gasteiger partial charge in [0.25, 0.3) is 0 Å². The van der Waals surface area contributed by atoms with E-state index < -0.39 is 41.3 Å². The molecule has 12 atom stereocenters. The fraction of sp³-hybridized carbons (Fsp3) is 0.648. The maximum atomic E-state index is 12.9. The predicted octanol–water partition coefficient (Wildman–Crippen LogP) is 8.61. The second-order valence-electron chi connectivity index (χ2n) is 21.0. The van der Waals surface area contributed by atoms with Gasteiger partial charge in [-0.3, -0.25) is 14.5 Å². The fourth-order valence-corrected chi connectivity index (χ4v) is 14.1. The van der Waals surface area contributed by atoms with Crippen LogP contribution in [0.5, 0.6) is 11.5 Å². The number of aliphatic hydroxyl groups excluding tert-OH is 2. The second-order valence-corrected chi connectivity index (χ2v) is 21.0. The highest BCUT2D eigenvalue weighted by Gasteiger charge is 2.69. The van der Waals surface area contributed by atoms with Crippen molar-refractivity contribution >= 4 is 17.7 Å². The molecule has 11 nitrogen and oxygen atoms in total. The zero-order chi connectivity index (χ0) is 47.0. The molecule has 4 N–H and O–H groups in total. The number of fused-ring (bicyclic) bond motifs is 6. The van der Waals surface area contributed by atoms with E-state index in [9.17, 15) is 34.8 Å². The topological polar surface area (TPSA) is 163 Å². The van der Waals surface area contributed by atoms with Gasteiger partial charge in [-0.2, -0.15) is 0 Å². The van der Waals surface area contributed by atoms with E-state index in [0.29, 0.717) is 60.7 Å². The third kappa shape index (κ3) is 9.72. The van der Waals surface area contributed by atoms with Gasteiger partial charge in [-0.1, -0.05) is 62.8 Å².